The molecule has 86 valence electrons. The quantitative estimate of drug-likeness (QED) is 0.835. The maximum Gasteiger partial charge on any atom is 0.143 e. The van der Waals surface area contributed by atoms with E-state index in [4.69, 9.17) is 0 Å². The predicted molar refractivity (Wildman–Crippen MR) is 64.8 cm³/mol. The largest absolute Gasteiger partial charge is 0.326 e. The van der Waals surface area contributed by atoms with Gasteiger partial charge < -0.3 is 4.57 Å². The van der Waals surface area contributed by atoms with Crippen LogP contribution in [-0.4, -0.2) is 27.5 Å². The van der Waals surface area contributed by atoms with Crippen LogP contribution >= 0.6 is 15.9 Å². The second-order valence-electron chi connectivity index (χ2n) is 4.17. The van der Waals surface area contributed by atoms with Gasteiger partial charge in [-0.2, -0.15) is 5.26 Å². The molecular weight excluding hydrogens is 268 g/mol. The molecule has 0 bridgehead atoms. The summed E-state index contributed by atoms with van der Waals surface area (Å²) in [7, 11) is 1.95. The highest BCUT2D eigenvalue weighted by Gasteiger charge is 2.27. The van der Waals surface area contributed by atoms with Crippen molar-refractivity contribution in [2.45, 2.75) is 25.8 Å². The minimum absolute atomic E-state index is 0.211. The summed E-state index contributed by atoms with van der Waals surface area (Å²) in [5.74, 6) is 0.932. The van der Waals surface area contributed by atoms with Gasteiger partial charge in [-0.15, -0.1) is 0 Å². The van der Waals surface area contributed by atoms with Gasteiger partial charge in [-0.05, 0) is 48.8 Å². The molecule has 0 radical (unpaired) electrons. The van der Waals surface area contributed by atoms with Crippen LogP contribution in [0, 0.1) is 18.3 Å². The molecule has 0 saturated carbocycles. The highest BCUT2D eigenvalue weighted by atomic mass is 79.9. The highest BCUT2D eigenvalue weighted by molar-refractivity contribution is 9.10. The van der Waals surface area contributed by atoms with E-state index in [1.54, 1.807) is 0 Å². The number of aromatic nitrogens is 2. The van der Waals surface area contributed by atoms with Crippen LogP contribution in [0.1, 0.15) is 30.4 Å². The molecule has 0 N–H and O–H groups in total. The minimum Gasteiger partial charge on any atom is -0.326 e. The third kappa shape index (κ3) is 1.87. The van der Waals surface area contributed by atoms with Crippen LogP contribution in [0.2, 0.25) is 0 Å². The molecule has 2 rings (SSSR count). The van der Waals surface area contributed by atoms with Gasteiger partial charge in [0.2, 0.25) is 0 Å². The van der Waals surface area contributed by atoms with Gasteiger partial charge in [0.15, 0.2) is 0 Å². The van der Waals surface area contributed by atoms with Crippen LogP contribution in [0.15, 0.2) is 4.60 Å². The minimum atomic E-state index is -0.211. The molecule has 1 aromatic heterocycles. The van der Waals surface area contributed by atoms with Crippen LogP contribution in [0.25, 0.3) is 0 Å². The summed E-state index contributed by atoms with van der Waals surface area (Å²) < 4.78 is 2.89. The molecule has 0 amide bonds. The summed E-state index contributed by atoms with van der Waals surface area (Å²) >= 11 is 3.51. The molecule has 5 heteroatoms. The molecule has 1 saturated heterocycles. The Labute approximate surface area is 104 Å². The standard InChI is InChI=1S/C11H15BrN4/c1-8-14-10(11(12)15(8)2)9(7-13)16-5-3-4-6-16/h9H,3-6H2,1-2H3. The lowest BCUT2D eigenvalue weighted by atomic mass is 10.2. The summed E-state index contributed by atoms with van der Waals surface area (Å²) in [6.45, 7) is 3.95. The van der Waals surface area contributed by atoms with Crippen molar-refractivity contribution >= 4 is 15.9 Å². The third-order valence-electron chi connectivity index (χ3n) is 3.16. The zero-order valence-electron chi connectivity index (χ0n) is 9.57. The van der Waals surface area contributed by atoms with Gasteiger partial charge in [-0.25, -0.2) is 4.98 Å². The molecule has 1 atom stereocenters. The van der Waals surface area contributed by atoms with Crippen molar-refractivity contribution in [3.8, 4) is 6.07 Å². The van der Waals surface area contributed by atoms with Gasteiger partial charge >= 0.3 is 0 Å². The molecule has 1 unspecified atom stereocenters. The van der Waals surface area contributed by atoms with Gasteiger partial charge in [0.1, 0.15) is 22.2 Å². The van der Waals surface area contributed by atoms with Crippen molar-refractivity contribution in [2.24, 2.45) is 7.05 Å². The van der Waals surface area contributed by atoms with E-state index in [1.165, 1.54) is 12.8 Å². The molecule has 1 aliphatic heterocycles. The Morgan fingerprint density at radius 1 is 1.44 bits per heavy atom. The first kappa shape index (κ1) is 11.6. The zero-order chi connectivity index (χ0) is 11.7. The molecule has 1 aromatic rings. The zero-order valence-corrected chi connectivity index (χ0v) is 11.2. The Hall–Kier alpha value is -0.860. The van der Waals surface area contributed by atoms with Gasteiger partial charge in [0.25, 0.3) is 0 Å². The lowest BCUT2D eigenvalue weighted by Gasteiger charge is -2.19. The topological polar surface area (TPSA) is 44.9 Å². The van der Waals surface area contributed by atoms with Crippen LogP contribution in [0.4, 0.5) is 0 Å². The number of aryl methyl sites for hydroxylation is 1. The van der Waals surface area contributed by atoms with E-state index in [2.05, 4.69) is 31.9 Å². The Balaban J connectivity index is 2.33. The fourth-order valence-corrected chi connectivity index (χ4v) is 2.66. The molecule has 4 nitrogen and oxygen atoms in total. The Morgan fingerprint density at radius 3 is 2.50 bits per heavy atom. The summed E-state index contributed by atoms with van der Waals surface area (Å²) in [5, 5.41) is 9.30. The van der Waals surface area contributed by atoms with Crippen molar-refractivity contribution in [1.82, 2.24) is 14.5 Å². The molecule has 2 heterocycles. The van der Waals surface area contributed by atoms with Crippen molar-refractivity contribution in [3.63, 3.8) is 0 Å². The van der Waals surface area contributed by atoms with Crippen LogP contribution in [-0.2, 0) is 7.05 Å². The van der Waals surface area contributed by atoms with E-state index in [-0.39, 0.29) is 6.04 Å². The molecule has 16 heavy (non-hydrogen) atoms. The highest BCUT2D eigenvalue weighted by Crippen LogP contribution is 2.29. The summed E-state index contributed by atoms with van der Waals surface area (Å²) in [4.78, 5) is 6.68. The molecule has 1 fully saturated rings. The Bertz CT molecular complexity index is 426. The average Bonchev–Trinajstić information content (AvgIpc) is 2.86. The van der Waals surface area contributed by atoms with Crippen LogP contribution < -0.4 is 0 Å². The summed E-state index contributed by atoms with van der Waals surface area (Å²) in [5.41, 5.74) is 0.851. The number of rotatable bonds is 2. The summed E-state index contributed by atoms with van der Waals surface area (Å²) in [6.07, 6.45) is 2.36. The second-order valence-corrected chi connectivity index (χ2v) is 4.92. The van der Waals surface area contributed by atoms with E-state index < -0.39 is 0 Å². The number of nitrogens with zero attached hydrogens (tertiary/aromatic N) is 4. The maximum absolute atomic E-state index is 9.30. The number of nitriles is 1. The predicted octanol–water partition coefficient (Wildman–Crippen LogP) is 2.15. The number of halogens is 1. The first-order valence-electron chi connectivity index (χ1n) is 5.47. The lowest BCUT2D eigenvalue weighted by Crippen LogP contribution is -2.25. The average molecular weight is 283 g/mol. The molecule has 0 aromatic carbocycles. The van der Waals surface area contributed by atoms with E-state index in [1.807, 2.05) is 18.5 Å². The second kappa shape index (κ2) is 4.56. The SMILES string of the molecule is Cc1nc(C(C#N)N2CCCC2)c(Br)n1C. The van der Waals surface area contributed by atoms with Crippen molar-refractivity contribution in [1.29, 1.82) is 5.26 Å². The fourth-order valence-electron chi connectivity index (χ4n) is 2.10. The monoisotopic (exact) mass is 282 g/mol. The first-order chi connectivity index (χ1) is 7.65. The molecule has 1 aliphatic rings. The summed E-state index contributed by atoms with van der Waals surface area (Å²) in [6, 6.07) is 2.15. The van der Waals surface area contributed by atoms with Crippen LogP contribution in [0.5, 0.6) is 0 Å². The van der Waals surface area contributed by atoms with E-state index in [9.17, 15) is 5.26 Å². The number of likely N-dealkylation sites (tertiary alicyclic amines) is 1. The smallest absolute Gasteiger partial charge is 0.143 e. The normalized spacial score (nSPS) is 18.6. The number of hydrogen-bond donors (Lipinski definition) is 0. The van der Waals surface area contributed by atoms with Gasteiger partial charge in [-0.3, -0.25) is 4.90 Å². The van der Waals surface area contributed by atoms with E-state index >= 15 is 0 Å². The lowest BCUT2D eigenvalue weighted by molar-refractivity contribution is 0.289. The van der Waals surface area contributed by atoms with Gasteiger partial charge in [0.05, 0.1) is 6.07 Å². The molecule has 0 spiro atoms. The van der Waals surface area contributed by atoms with E-state index in [0.29, 0.717) is 0 Å². The Morgan fingerprint density at radius 2 is 2.06 bits per heavy atom. The Kier molecular flexibility index (Phi) is 3.31. The fraction of sp³-hybridized carbons (Fsp3) is 0.636. The van der Waals surface area contributed by atoms with Crippen molar-refractivity contribution in [2.75, 3.05) is 13.1 Å². The van der Waals surface area contributed by atoms with Crippen molar-refractivity contribution < 1.29 is 0 Å². The van der Waals surface area contributed by atoms with Crippen LogP contribution in [0.3, 0.4) is 0 Å². The molecular formula is C11H15BrN4. The molecule has 0 aliphatic carbocycles. The van der Waals surface area contributed by atoms with Crippen molar-refractivity contribution in [3.05, 3.63) is 16.1 Å². The van der Waals surface area contributed by atoms with E-state index in [0.717, 1.165) is 29.2 Å². The third-order valence-corrected chi connectivity index (χ3v) is 4.10. The van der Waals surface area contributed by atoms with Gasteiger partial charge in [0, 0.05) is 7.05 Å². The maximum atomic E-state index is 9.30. The first-order valence-corrected chi connectivity index (χ1v) is 6.27. The number of imidazole rings is 1. The van der Waals surface area contributed by atoms with Gasteiger partial charge in [-0.1, -0.05) is 0 Å². The number of hydrogen-bond acceptors (Lipinski definition) is 3.